The van der Waals surface area contributed by atoms with Gasteiger partial charge in [-0.2, -0.15) is 13.2 Å². The molecular weight excluding hydrogens is 197 g/mol. The first-order chi connectivity index (χ1) is 6.38. The molecule has 0 radical (unpaired) electrons. The van der Waals surface area contributed by atoms with Gasteiger partial charge in [-0.15, -0.1) is 0 Å². The van der Waals surface area contributed by atoms with E-state index in [4.69, 9.17) is 5.11 Å². The Bertz CT molecular complexity index is 345. The second-order valence-electron chi connectivity index (χ2n) is 2.81. The molecule has 0 aliphatic rings. The summed E-state index contributed by atoms with van der Waals surface area (Å²) in [5.74, 6) is -1.04. The highest BCUT2D eigenvalue weighted by molar-refractivity contribution is 5.51. The second-order valence-corrected chi connectivity index (χ2v) is 2.81. The van der Waals surface area contributed by atoms with E-state index < -0.39 is 23.2 Å². The van der Waals surface area contributed by atoms with E-state index in [1.807, 2.05) is 0 Å². The van der Waals surface area contributed by atoms with Gasteiger partial charge in [0.1, 0.15) is 5.56 Å². The molecule has 0 aromatic heterocycles. The first kappa shape index (κ1) is 10.7. The van der Waals surface area contributed by atoms with Crippen molar-refractivity contribution in [2.24, 2.45) is 0 Å². The normalized spacial score (nSPS) is 11.5. The molecule has 0 unspecified atom stereocenters. The average molecular weight is 206 g/mol. The number of phenolic OH excluding ortho intramolecular Hbond substituents is 1. The van der Waals surface area contributed by atoms with Crippen molar-refractivity contribution in [1.29, 1.82) is 0 Å². The number of hydrogen-bond donors (Lipinski definition) is 1. The fourth-order valence-corrected chi connectivity index (χ4v) is 1.23. The number of phenols is 1. The molecule has 14 heavy (non-hydrogen) atoms. The van der Waals surface area contributed by atoms with Gasteiger partial charge in [0.05, 0.1) is 7.11 Å². The van der Waals surface area contributed by atoms with Crippen LogP contribution in [0.5, 0.6) is 11.5 Å². The minimum atomic E-state index is -4.52. The van der Waals surface area contributed by atoms with Crippen LogP contribution < -0.4 is 4.74 Å². The number of hydrogen-bond acceptors (Lipinski definition) is 2. The molecule has 1 rings (SSSR count). The summed E-state index contributed by atoms with van der Waals surface area (Å²) in [7, 11) is 1.09. The Morgan fingerprint density at radius 2 is 1.86 bits per heavy atom. The van der Waals surface area contributed by atoms with Gasteiger partial charge < -0.3 is 9.84 Å². The highest BCUT2D eigenvalue weighted by Gasteiger charge is 2.37. The lowest BCUT2D eigenvalue weighted by Crippen LogP contribution is -2.09. The third kappa shape index (κ3) is 1.76. The number of aromatic hydroxyl groups is 1. The van der Waals surface area contributed by atoms with Crippen LogP contribution in [0.25, 0.3) is 0 Å². The number of aryl methyl sites for hydroxylation is 1. The highest BCUT2D eigenvalue weighted by atomic mass is 19.4. The summed E-state index contributed by atoms with van der Waals surface area (Å²) in [6.45, 7) is 1.31. The van der Waals surface area contributed by atoms with Crippen LogP contribution in [0.2, 0.25) is 0 Å². The van der Waals surface area contributed by atoms with Gasteiger partial charge in [0.2, 0.25) is 0 Å². The molecule has 0 fully saturated rings. The molecule has 0 spiro atoms. The van der Waals surface area contributed by atoms with E-state index in [9.17, 15) is 13.2 Å². The Labute approximate surface area is 78.9 Å². The van der Waals surface area contributed by atoms with Crippen molar-refractivity contribution in [2.75, 3.05) is 7.11 Å². The summed E-state index contributed by atoms with van der Waals surface area (Å²) in [5.41, 5.74) is -0.910. The van der Waals surface area contributed by atoms with Crippen LogP contribution >= 0.6 is 0 Å². The van der Waals surface area contributed by atoms with Crippen LogP contribution in [0.1, 0.15) is 11.1 Å². The van der Waals surface area contributed by atoms with Gasteiger partial charge in [-0.1, -0.05) is 6.07 Å². The van der Waals surface area contributed by atoms with Gasteiger partial charge in [0, 0.05) is 0 Å². The van der Waals surface area contributed by atoms with Crippen LogP contribution in [-0.2, 0) is 6.18 Å². The zero-order chi connectivity index (χ0) is 10.9. The Hall–Kier alpha value is -1.39. The molecule has 1 aromatic carbocycles. The first-order valence-corrected chi connectivity index (χ1v) is 3.81. The van der Waals surface area contributed by atoms with E-state index in [0.717, 1.165) is 7.11 Å². The molecule has 0 saturated heterocycles. The molecular formula is C9H9F3O2. The van der Waals surface area contributed by atoms with E-state index in [-0.39, 0.29) is 5.56 Å². The molecule has 0 amide bonds. The van der Waals surface area contributed by atoms with Crippen molar-refractivity contribution in [3.8, 4) is 11.5 Å². The number of rotatable bonds is 1. The number of benzene rings is 1. The van der Waals surface area contributed by atoms with Gasteiger partial charge in [-0.3, -0.25) is 0 Å². The smallest absolute Gasteiger partial charge is 0.420 e. The number of alkyl halides is 3. The van der Waals surface area contributed by atoms with E-state index in [1.54, 1.807) is 0 Å². The van der Waals surface area contributed by atoms with Gasteiger partial charge in [-0.05, 0) is 18.6 Å². The van der Waals surface area contributed by atoms with Crippen LogP contribution in [0.15, 0.2) is 12.1 Å². The predicted octanol–water partition coefficient (Wildman–Crippen LogP) is 2.73. The Balaban J connectivity index is 3.46. The summed E-state index contributed by atoms with van der Waals surface area (Å²) < 4.78 is 42.0. The highest BCUT2D eigenvalue weighted by Crippen LogP contribution is 2.42. The maximum Gasteiger partial charge on any atom is 0.420 e. The molecule has 5 heteroatoms. The molecule has 0 heterocycles. The van der Waals surface area contributed by atoms with Gasteiger partial charge in [0.15, 0.2) is 11.5 Å². The van der Waals surface area contributed by atoms with Gasteiger partial charge in [0.25, 0.3) is 0 Å². The van der Waals surface area contributed by atoms with E-state index in [1.165, 1.54) is 19.1 Å². The number of ether oxygens (including phenoxy) is 1. The van der Waals surface area contributed by atoms with Crippen LogP contribution in [0.3, 0.4) is 0 Å². The summed E-state index contributed by atoms with van der Waals surface area (Å²) in [6, 6.07) is 2.37. The fourth-order valence-electron chi connectivity index (χ4n) is 1.23. The Morgan fingerprint density at radius 3 is 2.21 bits per heavy atom. The molecule has 1 N–H and O–H groups in total. The van der Waals surface area contributed by atoms with E-state index >= 15 is 0 Å². The topological polar surface area (TPSA) is 29.5 Å². The minimum Gasteiger partial charge on any atom is -0.504 e. The van der Waals surface area contributed by atoms with Crippen molar-refractivity contribution < 1.29 is 23.0 Å². The van der Waals surface area contributed by atoms with Crippen LogP contribution in [0, 0.1) is 6.92 Å². The average Bonchev–Trinajstić information content (AvgIpc) is 2.06. The molecule has 1 aromatic rings. The van der Waals surface area contributed by atoms with Crippen molar-refractivity contribution >= 4 is 0 Å². The standard InChI is InChI=1S/C9H9F3O2/c1-5-3-4-6(13)8(14-2)7(5)9(10,11)12/h3-4,13H,1-2H3. The SMILES string of the molecule is COc1c(O)ccc(C)c1C(F)(F)F. The molecule has 0 aliphatic heterocycles. The monoisotopic (exact) mass is 206 g/mol. The lowest BCUT2D eigenvalue weighted by molar-refractivity contribution is -0.139. The third-order valence-corrected chi connectivity index (χ3v) is 1.83. The maximum atomic E-state index is 12.5. The van der Waals surface area contributed by atoms with Gasteiger partial charge >= 0.3 is 6.18 Å². The van der Waals surface area contributed by atoms with Crippen LogP contribution in [0.4, 0.5) is 13.2 Å². The summed E-state index contributed by atoms with van der Waals surface area (Å²) >= 11 is 0. The first-order valence-electron chi connectivity index (χ1n) is 3.81. The molecule has 0 atom stereocenters. The number of methoxy groups -OCH3 is 1. The maximum absolute atomic E-state index is 12.5. The van der Waals surface area contributed by atoms with Crippen LogP contribution in [-0.4, -0.2) is 12.2 Å². The Morgan fingerprint density at radius 1 is 1.29 bits per heavy atom. The van der Waals surface area contributed by atoms with E-state index in [0.29, 0.717) is 0 Å². The van der Waals surface area contributed by atoms with Crippen molar-refractivity contribution in [3.05, 3.63) is 23.3 Å². The quantitative estimate of drug-likeness (QED) is 0.765. The second kappa shape index (κ2) is 3.40. The molecule has 78 valence electrons. The minimum absolute atomic E-state index is 0.0205. The molecule has 0 bridgehead atoms. The van der Waals surface area contributed by atoms with Crippen molar-refractivity contribution in [3.63, 3.8) is 0 Å². The van der Waals surface area contributed by atoms with Gasteiger partial charge in [-0.25, -0.2) is 0 Å². The molecule has 0 aliphatic carbocycles. The zero-order valence-electron chi connectivity index (χ0n) is 7.64. The number of halogens is 3. The summed E-state index contributed by atoms with van der Waals surface area (Å²) in [5, 5.41) is 9.15. The zero-order valence-corrected chi connectivity index (χ0v) is 7.64. The lowest BCUT2D eigenvalue weighted by atomic mass is 10.1. The fraction of sp³-hybridized carbons (Fsp3) is 0.333. The van der Waals surface area contributed by atoms with E-state index in [2.05, 4.69) is 4.74 Å². The summed E-state index contributed by atoms with van der Waals surface area (Å²) in [4.78, 5) is 0. The van der Waals surface area contributed by atoms with Crippen molar-refractivity contribution in [2.45, 2.75) is 13.1 Å². The van der Waals surface area contributed by atoms with Crippen molar-refractivity contribution in [1.82, 2.24) is 0 Å². The molecule has 2 nitrogen and oxygen atoms in total. The largest absolute Gasteiger partial charge is 0.504 e. The Kier molecular flexibility index (Phi) is 2.59. The summed E-state index contributed by atoms with van der Waals surface area (Å²) in [6.07, 6.45) is -4.52. The lowest BCUT2D eigenvalue weighted by Gasteiger charge is -2.15. The third-order valence-electron chi connectivity index (χ3n) is 1.83. The molecule has 0 saturated carbocycles. The predicted molar refractivity (Wildman–Crippen MR) is 44.4 cm³/mol.